The Bertz CT molecular complexity index is 567. The van der Waals surface area contributed by atoms with Crippen LogP contribution in [0.3, 0.4) is 0 Å². The molecule has 1 aromatic carbocycles. The molecule has 0 aromatic heterocycles. The fourth-order valence-electron chi connectivity index (χ4n) is 2.20. The molecule has 5 nitrogen and oxygen atoms in total. The molecule has 0 fully saturated rings. The van der Waals surface area contributed by atoms with E-state index < -0.39 is 10.0 Å². The van der Waals surface area contributed by atoms with Gasteiger partial charge < -0.3 is 5.32 Å². The highest BCUT2D eigenvalue weighted by molar-refractivity contribution is 7.92. The first-order chi connectivity index (χ1) is 9.79. The Morgan fingerprint density at radius 3 is 2.24 bits per heavy atom. The van der Waals surface area contributed by atoms with Crippen LogP contribution in [0.5, 0.6) is 0 Å². The van der Waals surface area contributed by atoms with Gasteiger partial charge in [-0.15, -0.1) is 0 Å². The predicted molar refractivity (Wildman–Crippen MR) is 86.1 cm³/mol. The zero-order chi connectivity index (χ0) is 16.0. The van der Waals surface area contributed by atoms with Gasteiger partial charge in [-0.05, 0) is 44.5 Å². The van der Waals surface area contributed by atoms with E-state index in [1.807, 2.05) is 6.92 Å². The van der Waals surface area contributed by atoms with Crippen molar-refractivity contribution in [3.63, 3.8) is 0 Å². The van der Waals surface area contributed by atoms with Gasteiger partial charge in [0.2, 0.25) is 10.0 Å². The molecular weight excluding hydrogens is 288 g/mol. The van der Waals surface area contributed by atoms with Crippen LogP contribution in [0, 0.1) is 0 Å². The van der Waals surface area contributed by atoms with Gasteiger partial charge in [-0.2, -0.15) is 0 Å². The fourth-order valence-corrected chi connectivity index (χ4v) is 3.17. The first-order valence-corrected chi connectivity index (χ1v) is 9.03. The summed E-state index contributed by atoms with van der Waals surface area (Å²) in [6, 6.07) is 6.74. The number of nitrogens with one attached hydrogen (secondary N) is 1. The second-order valence-corrected chi connectivity index (χ2v) is 7.04. The summed E-state index contributed by atoms with van der Waals surface area (Å²) in [4.78, 5) is 12.0. The summed E-state index contributed by atoms with van der Waals surface area (Å²) in [5.74, 6) is -0.134. The minimum atomic E-state index is -3.29. The molecule has 0 bridgehead atoms. The second kappa shape index (κ2) is 7.45. The minimum Gasteiger partial charge on any atom is -0.350 e. The molecule has 6 heteroatoms. The van der Waals surface area contributed by atoms with E-state index in [1.54, 1.807) is 31.2 Å². The lowest BCUT2D eigenvalue weighted by atomic mass is 10.1. The molecule has 118 valence electrons. The number of hydrogen-bond donors (Lipinski definition) is 1. The lowest BCUT2D eigenvalue weighted by Crippen LogP contribution is -2.32. The van der Waals surface area contributed by atoms with Crippen LogP contribution in [0.15, 0.2) is 24.3 Å². The third-order valence-corrected chi connectivity index (χ3v) is 4.47. The van der Waals surface area contributed by atoms with Crippen LogP contribution in [0.2, 0.25) is 0 Å². The van der Waals surface area contributed by atoms with Gasteiger partial charge in [-0.3, -0.25) is 9.10 Å². The van der Waals surface area contributed by atoms with Crippen molar-refractivity contribution in [2.24, 2.45) is 0 Å². The van der Waals surface area contributed by atoms with E-state index in [9.17, 15) is 13.2 Å². The lowest BCUT2D eigenvalue weighted by Gasteiger charge is -2.20. The number of benzene rings is 1. The Hall–Kier alpha value is -1.56. The van der Waals surface area contributed by atoms with Gasteiger partial charge in [0.25, 0.3) is 5.91 Å². The summed E-state index contributed by atoms with van der Waals surface area (Å²) in [5, 5.41) is 2.92. The van der Waals surface area contributed by atoms with E-state index >= 15 is 0 Å². The molecule has 0 aliphatic rings. The number of carbonyl (C=O) groups is 1. The zero-order valence-corrected chi connectivity index (χ0v) is 13.9. The van der Waals surface area contributed by atoms with Crippen molar-refractivity contribution in [2.75, 3.05) is 17.1 Å². The van der Waals surface area contributed by atoms with Crippen LogP contribution in [-0.2, 0) is 10.0 Å². The predicted octanol–water partition coefficient (Wildman–Crippen LogP) is 2.39. The van der Waals surface area contributed by atoms with Crippen LogP contribution in [0.1, 0.15) is 44.0 Å². The topological polar surface area (TPSA) is 66.5 Å². The van der Waals surface area contributed by atoms with E-state index in [4.69, 9.17) is 0 Å². The number of nitrogens with zero attached hydrogens (tertiary/aromatic N) is 1. The smallest absolute Gasteiger partial charge is 0.251 e. The first kappa shape index (κ1) is 17.5. The summed E-state index contributed by atoms with van der Waals surface area (Å²) in [7, 11) is -3.29. The number of amides is 1. The Morgan fingerprint density at radius 2 is 1.81 bits per heavy atom. The van der Waals surface area contributed by atoms with E-state index in [-0.39, 0.29) is 11.9 Å². The summed E-state index contributed by atoms with van der Waals surface area (Å²) in [6.45, 7) is 6.17. The molecule has 0 unspecified atom stereocenters. The van der Waals surface area contributed by atoms with Crippen molar-refractivity contribution in [2.45, 2.75) is 39.7 Å². The summed E-state index contributed by atoms with van der Waals surface area (Å²) in [5.41, 5.74) is 1.10. The van der Waals surface area contributed by atoms with Crippen molar-refractivity contribution in [1.82, 2.24) is 5.32 Å². The zero-order valence-electron chi connectivity index (χ0n) is 13.1. The summed E-state index contributed by atoms with van der Waals surface area (Å²) < 4.78 is 24.6. The third kappa shape index (κ3) is 5.04. The number of sulfonamides is 1. The third-order valence-electron chi connectivity index (χ3n) is 3.20. The van der Waals surface area contributed by atoms with Crippen LogP contribution in [0.4, 0.5) is 5.69 Å². The van der Waals surface area contributed by atoms with Crippen molar-refractivity contribution < 1.29 is 13.2 Å². The standard InChI is InChI=1S/C15H24N2O3S/c1-5-7-12(3)16-15(18)13-8-10-14(11-9-13)17(6-2)21(4,19)20/h8-12H,5-7H2,1-4H3,(H,16,18)/t12-/m0/s1. The minimum absolute atomic E-state index is 0.130. The highest BCUT2D eigenvalue weighted by atomic mass is 32.2. The molecule has 1 aromatic rings. The molecule has 1 rings (SSSR count). The quantitative estimate of drug-likeness (QED) is 0.840. The second-order valence-electron chi connectivity index (χ2n) is 5.14. The average molecular weight is 312 g/mol. The molecule has 0 aliphatic carbocycles. The number of hydrogen-bond acceptors (Lipinski definition) is 3. The highest BCUT2D eigenvalue weighted by Gasteiger charge is 2.16. The van der Waals surface area contributed by atoms with Crippen LogP contribution in [-0.4, -0.2) is 33.2 Å². The molecule has 1 atom stereocenters. The Balaban J connectivity index is 2.85. The maximum atomic E-state index is 12.0. The normalized spacial score (nSPS) is 12.8. The Morgan fingerprint density at radius 1 is 1.24 bits per heavy atom. The van der Waals surface area contributed by atoms with Gasteiger partial charge in [-0.25, -0.2) is 8.42 Å². The van der Waals surface area contributed by atoms with Crippen LogP contribution < -0.4 is 9.62 Å². The monoisotopic (exact) mass is 312 g/mol. The average Bonchev–Trinajstić information content (AvgIpc) is 2.38. The van der Waals surface area contributed by atoms with Crippen molar-refractivity contribution in [3.8, 4) is 0 Å². The van der Waals surface area contributed by atoms with E-state index in [0.29, 0.717) is 17.8 Å². The maximum Gasteiger partial charge on any atom is 0.251 e. The van der Waals surface area contributed by atoms with Gasteiger partial charge in [0.15, 0.2) is 0 Å². The molecule has 1 amide bonds. The molecule has 0 saturated carbocycles. The van der Waals surface area contributed by atoms with Gasteiger partial charge in [-0.1, -0.05) is 13.3 Å². The van der Waals surface area contributed by atoms with Gasteiger partial charge in [0.05, 0.1) is 11.9 Å². The molecule has 0 spiro atoms. The molecule has 0 aliphatic heterocycles. The van der Waals surface area contributed by atoms with Crippen LogP contribution in [0.25, 0.3) is 0 Å². The number of rotatable bonds is 7. The fraction of sp³-hybridized carbons (Fsp3) is 0.533. The van der Waals surface area contributed by atoms with Gasteiger partial charge in [0, 0.05) is 18.2 Å². The SMILES string of the molecule is CCC[C@H](C)NC(=O)c1ccc(N(CC)S(C)(=O)=O)cc1. The van der Waals surface area contributed by atoms with E-state index in [0.717, 1.165) is 12.8 Å². The molecule has 1 N–H and O–H groups in total. The molecule has 21 heavy (non-hydrogen) atoms. The van der Waals surface area contributed by atoms with E-state index in [1.165, 1.54) is 10.6 Å². The summed E-state index contributed by atoms with van der Waals surface area (Å²) in [6.07, 6.45) is 3.12. The Labute approximate surface area is 127 Å². The largest absolute Gasteiger partial charge is 0.350 e. The molecular formula is C15H24N2O3S. The Kier molecular flexibility index (Phi) is 6.20. The molecule has 0 radical (unpaired) electrons. The van der Waals surface area contributed by atoms with Gasteiger partial charge in [0.1, 0.15) is 0 Å². The highest BCUT2D eigenvalue weighted by Crippen LogP contribution is 2.18. The molecule has 0 heterocycles. The lowest BCUT2D eigenvalue weighted by molar-refractivity contribution is 0.0938. The van der Waals surface area contributed by atoms with Crippen molar-refractivity contribution >= 4 is 21.6 Å². The molecule has 0 saturated heterocycles. The van der Waals surface area contributed by atoms with Crippen molar-refractivity contribution in [1.29, 1.82) is 0 Å². The van der Waals surface area contributed by atoms with Crippen molar-refractivity contribution in [3.05, 3.63) is 29.8 Å². The summed E-state index contributed by atoms with van der Waals surface area (Å²) >= 11 is 0. The van der Waals surface area contributed by atoms with E-state index in [2.05, 4.69) is 12.2 Å². The maximum absolute atomic E-state index is 12.0. The van der Waals surface area contributed by atoms with Gasteiger partial charge >= 0.3 is 0 Å². The number of anilines is 1. The van der Waals surface area contributed by atoms with Crippen LogP contribution >= 0.6 is 0 Å². The number of carbonyl (C=O) groups excluding carboxylic acids is 1. The first-order valence-electron chi connectivity index (χ1n) is 7.18.